The van der Waals surface area contributed by atoms with Gasteiger partial charge in [-0.2, -0.15) is 0 Å². The minimum atomic E-state index is -0.551. The van der Waals surface area contributed by atoms with Gasteiger partial charge in [-0.15, -0.1) is 0 Å². The van der Waals surface area contributed by atoms with Crippen LogP contribution in [-0.4, -0.2) is 42.4 Å². The summed E-state index contributed by atoms with van der Waals surface area (Å²) >= 11 is 5.70. The number of amides is 2. The van der Waals surface area contributed by atoms with Crippen LogP contribution >= 0.6 is 11.6 Å². The smallest absolute Gasteiger partial charge is 0.237 e. The van der Waals surface area contributed by atoms with Gasteiger partial charge in [0.25, 0.3) is 0 Å². The van der Waals surface area contributed by atoms with Gasteiger partial charge in [-0.1, -0.05) is 31.5 Å². The van der Waals surface area contributed by atoms with Crippen LogP contribution in [0.2, 0.25) is 5.02 Å². The maximum atomic E-state index is 13.6. The SMILES string of the molecule is CC(C)CNC(=O)C[C@H]1C(=O)NCCN1Cc1ccc(Cl)c(F)c1. The molecule has 0 unspecified atom stereocenters. The van der Waals surface area contributed by atoms with E-state index in [0.717, 1.165) is 5.56 Å². The zero-order valence-electron chi connectivity index (χ0n) is 13.9. The van der Waals surface area contributed by atoms with E-state index in [1.807, 2.05) is 18.7 Å². The quantitative estimate of drug-likeness (QED) is 0.819. The summed E-state index contributed by atoms with van der Waals surface area (Å²) in [6.45, 7) is 6.11. The van der Waals surface area contributed by atoms with E-state index in [0.29, 0.717) is 32.1 Å². The summed E-state index contributed by atoms with van der Waals surface area (Å²) in [5.74, 6) is -0.461. The molecule has 1 atom stereocenters. The van der Waals surface area contributed by atoms with Gasteiger partial charge in [0.15, 0.2) is 0 Å². The summed E-state index contributed by atoms with van der Waals surface area (Å²) in [6.07, 6.45) is 0.0919. The molecule has 0 bridgehead atoms. The number of carbonyl (C=O) groups is 2. The fourth-order valence-corrected chi connectivity index (χ4v) is 2.73. The topological polar surface area (TPSA) is 61.4 Å². The third kappa shape index (κ3) is 5.18. The maximum Gasteiger partial charge on any atom is 0.237 e. The second-order valence-corrected chi connectivity index (χ2v) is 6.84. The number of nitrogens with one attached hydrogen (secondary N) is 2. The standard InChI is InChI=1S/C17H23ClFN3O2/c1-11(2)9-21-16(23)8-15-17(24)20-5-6-22(15)10-12-3-4-13(18)14(19)7-12/h3-4,7,11,15H,5-6,8-10H2,1-2H3,(H,20,24)(H,21,23)/t15-/m0/s1. The monoisotopic (exact) mass is 355 g/mol. The van der Waals surface area contributed by atoms with Crippen molar-refractivity contribution in [1.29, 1.82) is 0 Å². The molecule has 1 aliphatic heterocycles. The third-order valence-electron chi connectivity index (χ3n) is 3.90. The van der Waals surface area contributed by atoms with Crippen LogP contribution in [0.4, 0.5) is 4.39 Å². The predicted molar refractivity (Wildman–Crippen MR) is 91.1 cm³/mol. The average molecular weight is 356 g/mol. The van der Waals surface area contributed by atoms with Crippen molar-refractivity contribution >= 4 is 23.4 Å². The summed E-state index contributed by atoms with van der Waals surface area (Å²) in [5.41, 5.74) is 0.721. The van der Waals surface area contributed by atoms with Crippen LogP contribution in [-0.2, 0) is 16.1 Å². The van der Waals surface area contributed by atoms with Crippen molar-refractivity contribution in [2.24, 2.45) is 5.92 Å². The Morgan fingerprint density at radius 1 is 1.50 bits per heavy atom. The first-order valence-electron chi connectivity index (χ1n) is 8.09. The molecule has 0 aliphatic carbocycles. The highest BCUT2D eigenvalue weighted by Crippen LogP contribution is 2.19. The van der Waals surface area contributed by atoms with E-state index in [1.54, 1.807) is 6.07 Å². The molecule has 1 heterocycles. The van der Waals surface area contributed by atoms with Crippen molar-refractivity contribution in [1.82, 2.24) is 15.5 Å². The van der Waals surface area contributed by atoms with Crippen LogP contribution in [0.3, 0.4) is 0 Å². The molecular formula is C17H23ClFN3O2. The Kier molecular flexibility index (Phi) is 6.57. The van der Waals surface area contributed by atoms with Crippen LogP contribution in [0.15, 0.2) is 18.2 Å². The zero-order chi connectivity index (χ0) is 17.7. The number of piperazine rings is 1. The number of hydrogen-bond acceptors (Lipinski definition) is 3. The van der Waals surface area contributed by atoms with Gasteiger partial charge < -0.3 is 10.6 Å². The van der Waals surface area contributed by atoms with E-state index < -0.39 is 11.9 Å². The molecule has 1 fully saturated rings. The van der Waals surface area contributed by atoms with E-state index in [1.165, 1.54) is 12.1 Å². The third-order valence-corrected chi connectivity index (χ3v) is 4.20. The van der Waals surface area contributed by atoms with Crippen molar-refractivity contribution in [3.63, 3.8) is 0 Å². The lowest BCUT2D eigenvalue weighted by atomic mass is 10.1. The molecule has 132 valence electrons. The Labute approximate surface area is 146 Å². The van der Waals surface area contributed by atoms with Gasteiger partial charge >= 0.3 is 0 Å². The Bertz CT molecular complexity index is 609. The molecule has 2 amide bonds. The minimum absolute atomic E-state index is 0.0692. The molecule has 1 aromatic carbocycles. The second kappa shape index (κ2) is 8.44. The van der Waals surface area contributed by atoms with Crippen LogP contribution in [0.1, 0.15) is 25.8 Å². The number of benzene rings is 1. The van der Waals surface area contributed by atoms with Gasteiger partial charge in [0.1, 0.15) is 5.82 Å². The molecule has 7 heteroatoms. The van der Waals surface area contributed by atoms with Crippen LogP contribution < -0.4 is 10.6 Å². The molecule has 1 aliphatic rings. The molecular weight excluding hydrogens is 333 g/mol. The largest absolute Gasteiger partial charge is 0.356 e. The van der Waals surface area contributed by atoms with Gasteiger partial charge in [0, 0.05) is 26.2 Å². The number of halogens is 2. The number of nitrogens with zero attached hydrogens (tertiary/aromatic N) is 1. The Balaban J connectivity index is 2.03. The van der Waals surface area contributed by atoms with Crippen LogP contribution in [0.25, 0.3) is 0 Å². The second-order valence-electron chi connectivity index (χ2n) is 6.43. The van der Waals surface area contributed by atoms with Crippen molar-refractivity contribution in [2.45, 2.75) is 32.9 Å². The van der Waals surface area contributed by atoms with Crippen LogP contribution in [0, 0.1) is 11.7 Å². The fraction of sp³-hybridized carbons (Fsp3) is 0.529. The summed E-state index contributed by atoms with van der Waals surface area (Å²) in [5, 5.41) is 5.68. The Morgan fingerprint density at radius 3 is 2.92 bits per heavy atom. The normalized spacial score (nSPS) is 18.5. The number of rotatable bonds is 6. The molecule has 0 radical (unpaired) electrons. The maximum absolute atomic E-state index is 13.6. The van der Waals surface area contributed by atoms with Gasteiger partial charge in [-0.3, -0.25) is 14.5 Å². The van der Waals surface area contributed by atoms with E-state index in [-0.39, 0.29) is 23.3 Å². The first-order valence-corrected chi connectivity index (χ1v) is 8.47. The van der Waals surface area contributed by atoms with Gasteiger partial charge in [0.2, 0.25) is 11.8 Å². The van der Waals surface area contributed by atoms with Crippen LogP contribution in [0.5, 0.6) is 0 Å². The molecule has 2 rings (SSSR count). The highest BCUT2D eigenvalue weighted by Gasteiger charge is 2.31. The van der Waals surface area contributed by atoms with E-state index in [9.17, 15) is 14.0 Å². The summed E-state index contributed by atoms with van der Waals surface area (Å²) in [6, 6.07) is 4.05. The molecule has 1 saturated heterocycles. The fourth-order valence-electron chi connectivity index (χ4n) is 2.61. The van der Waals surface area contributed by atoms with Gasteiger partial charge in [-0.05, 0) is 23.6 Å². The van der Waals surface area contributed by atoms with Gasteiger partial charge in [-0.25, -0.2) is 4.39 Å². The molecule has 0 saturated carbocycles. The molecule has 0 aromatic heterocycles. The van der Waals surface area contributed by atoms with Crippen molar-refractivity contribution in [3.8, 4) is 0 Å². The average Bonchev–Trinajstić information content (AvgIpc) is 2.52. The first-order chi connectivity index (χ1) is 11.4. The summed E-state index contributed by atoms with van der Waals surface area (Å²) in [7, 11) is 0. The molecule has 5 nitrogen and oxygen atoms in total. The summed E-state index contributed by atoms with van der Waals surface area (Å²) < 4.78 is 13.6. The zero-order valence-corrected chi connectivity index (χ0v) is 14.7. The first kappa shape index (κ1) is 18.7. The Morgan fingerprint density at radius 2 is 2.25 bits per heavy atom. The molecule has 2 N–H and O–H groups in total. The number of carbonyl (C=O) groups excluding carboxylic acids is 2. The molecule has 24 heavy (non-hydrogen) atoms. The van der Waals surface area contributed by atoms with Crippen molar-refractivity contribution < 1.29 is 14.0 Å². The molecule has 1 aromatic rings. The number of hydrogen-bond donors (Lipinski definition) is 2. The van der Waals surface area contributed by atoms with E-state index in [4.69, 9.17) is 11.6 Å². The van der Waals surface area contributed by atoms with E-state index >= 15 is 0 Å². The Hall–Kier alpha value is -1.66. The predicted octanol–water partition coefficient (Wildman–Crippen LogP) is 1.94. The molecule has 0 spiro atoms. The highest BCUT2D eigenvalue weighted by atomic mass is 35.5. The van der Waals surface area contributed by atoms with Gasteiger partial charge in [0.05, 0.1) is 17.5 Å². The summed E-state index contributed by atoms with van der Waals surface area (Å²) in [4.78, 5) is 26.1. The minimum Gasteiger partial charge on any atom is -0.356 e. The van der Waals surface area contributed by atoms with Crippen molar-refractivity contribution in [2.75, 3.05) is 19.6 Å². The lowest BCUT2D eigenvalue weighted by Crippen LogP contribution is -2.56. The highest BCUT2D eigenvalue weighted by molar-refractivity contribution is 6.30. The lowest BCUT2D eigenvalue weighted by Gasteiger charge is -2.34. The van der Waals surface area contributed by atoms with Crippen molar-refractivity contribution in [3.05, 3.63) is 34.6 Å². The van der Waals surface area contributed by atoms with E-state index in [2.05, 4.69) is 10.6 Å². The lowest BCUT2D eigenvalue weighted by molar-refractivity contribution is -0.134.